The van der Waals surface area contributed by atoms with Crippen LogP contribution >= 0.6 is 0 Å². The summed E-state index contributed by atoms with van der Waals surface area (Å²) in [6.07, 6.45) is 1.21. The third-order valence-corrected chi connectivity index (χ3v) is 3.46. The maximum Gasteiger partial charge on any atom is 0.235 e. The van der Waals surface area contributed by atoms with E-state index in [1.165, 1.54) is 0 Å². The number of hydrogen-bond acceptors (Lipinski definition) is 6. The Morgan fingerprint density at radius 2 is 2.27 bits per heavy atom. The fourth-order valence-electron chi connectivity index (χ4n) is 2.34. The lowest BCUT2D eigenvalue weighted by molar-refractivity contribution is -0.134. The molecule has 1 atom stereocenters. The Morgan fingerprint density at radius 3 is 2.91 bits per heavy atom. The van der Waals surface area contributed by atoms with E-state index in [9.17, 15) is 14.4 Å². The highest BCUT2D eigenvalue weighted by atomic mass is 16.5. The molecule has 1 aromatic rings. The average Bonchev–Trinajstić information content (AvgIpc) is 2.52. The molecule has 0 aliphatic carbocycles. The second-order valence-electron chi connectivity index (χ2n) is 4.85. The molecule has 1 fully saturated rings. The summed E-state index contributed by atoms with van der Waals surface area (Å²) in [6.45, 7) is -0.0485. The minimum Gasteiger partial charge on any atom is -0.486 e. The molecule has 1 heterocycles. The molecule has 1 aliphatic heterocycles. The van der Waals surface area contributed by atoms with Crippen molar-refractivity contribution in [2.75, 3.05) is 19.0 Å². The Hall–Kier alpha value is -2.70. The van der Waals surface area contributed by atoms with Gasteiger partial charge in [-0.15, -0.1) is 0 Å². The predicted molar refractivity (Wildman–Crippen MR) is 80.3 cm³/mol. The molecule has 0 saturated carbocycles. The number of piperidine rings is 1. The number of carbonyl (C=O) groups is 3. The van der Waals surface area contributed by atoms with Crippen LogP contribution in [-0.2, 0) is 14.4 Å². The van der Waals surface area contributed by atoms with Crippen molar-refractivity contribution in [3.8, 4) is 5.75 Å². The van der Waals surface area contributed by atoms with Crippen molar-refractivity contribution in [1.29, 1.82) is 5.41 Å². The molecule has 2 amide bonds. The number of benzene rings is 1. The van der Waals surface area contributed by atoms with Crippen molar-refractivity contribution in [2.45, 2.75) is 12.8 Å². The summed E-state index contributed by atoms with van der Waals surface area (Å²) < 4.78 is 5.21. The molecule has 1 aliphatic rings. The molecule has 1 unspecified atom stereocenters. The zero-order valence-corrected chi connectivity index (χ0v) is 12.1. The molecule has 7 heteroatoms. The van der Waals surface area contributed by atoms with Gasteiger partial charge in [0.05, 0.1) is 11.6 Å². The molecule has 0 aromatic heterocycles. The van der Waals surface area contributed by atoms with E-state index in [1.54, 1.807) is 25.2 Å². The first-order valence-electron chi connectivity index (χ1n) is 6.87. The highest BCUT2D eigenvalue weighted by Gasteiger charge is 2.31. The summed E-state index contributed by atoms with van der Waals surface area (Å²) in [7, 11) is 1.69. The maximum absolute atomic E-state index is 11.9. The fraction of sp³-hybridized carbons (Fsp3) is 0.333. The van der Waals surface area contributed by atoms with Gasteiger partial charge in [0.25, 0.3) is 0 Å². The number of amides is 2. The maximum atomic E-state index is 11.9. The monoisotopic (exact) mass is 303 g/mol. The van der Waals surface area contributed by atoms with Crippen LogP contribution < -0.4 is 15.4 Å². The summed E-state index contributed by atoms with van der Waals surface area (Å²) in [6, 6.07) is 4.97. The second kappa shape index (κ2) is 6.84. The summed E-state index contributed by atoms with van der Waals surface area (Å²) in [5.74, 6) is -0.895. The van der Waals surface area contributed by atoms with Gasteiger partial charge in [-0.3, -0.25) is 19.7 Å². The van der Waals surface area contributed by atoms with Crippen LogP contribution in [0, 0.1) is 11.3 Å². The number of nitrogens with one attached hydrogen (secondary N) is 3. The van der Waals surface area contributed by atoms with Crippen molar-refractivity contribution in [1.82, 2.24) is 5.32 Å². The summed E-state index contributed by atoms with van der Waals surface area (Å²) >= 11 is 0. The van der Waals surface area contributed by atoms with E-state index in [0.29, 0.717) is 29.7 Å². The molecule has 7 nitrogen and oxygen atoms in total. The first-order chi connectivity index (χ1) is 10.6. The number of aldehydes is 1. The van der Waals surface area contributed by atoms with Gasteiger partial charge < -0.3 is 15.5 Å². The molecule has 0 spiro atoms. The largest absolute Gasteiger partial charge is 0.486 e. The van der Waals surface area contributed by atoms with Crippen molar-refractivity contribution < 1.29 is 19.1 Å². The number of ether oxygens (including phenoxy) is 1. The summed E-state index contributed by atoms with van der Waals surface area (Å²) in [4.78, 5) is 33.4. The van der Waals surface area contributed by atoms with Gasteiger partial charge in [-0.05, 0) is 18.6 Å². The molecule has 1 saturated heterocycles. The predicted octanol–water partition coefficient (Wildman–Crippen LogP) is 0.727. The van der Waals surface area contributed by atoms with Gasteiger partial charge in [0, 0.05) is 30.8 Å². The zero-order chi connectivity index (χ0) is 16.1. The van der Waals surface area contributed by atoms with E-state index in [2.05, 4.69) is 10.6 Å². The lowest BCUT2D eigenvalue weighted by Gasteiger charge is -2.23. The molecule has 2 rings (SSSR count). The second-order valence-corrected chi connectivity index (χ2v) is 4.85. The number of imide groups is 1. The SMILES string of the molecule is CNc1cc(OCC=O)ccc1C(=N)C1CCC(=O)NC1=O. The Bertz CT molecular complexity index is 627. The van der Waals surface area contributed by atoms with Crippen molar-refractivity contribution >= 4 is 29.5 Å². The number of carbonyl (C=O) groups excluding carboxylic acids is 3. The number of anilines is 1. The van der Waals surface area contributed by atoms with Crippen LogP contribution in [0.25, 0.3) is 0 Å². The Kier molecular flexibility index (Phi) is 4.88. The van der Waals surface area contributed by atoms with Crippen LogP contribution in [-0.4, -0.2) is 37.5 Å². The lowest BCUT2D eigenvalue weighted by Crippen LogP contribution is -2.44. The highest BCUT2D eigenvalue weighted by molar-refractivity contribution is 6.17. The summed E-state index contributed by atoms with van der Waals surface area (Å²) in [5, 5.41) is 13.5. The molecule has 22 heavy (non-hydrogen) atoms. The molecular formula is C15H17N3O4. The Morgan fingerprint density at radius 1 is 1.50 bits per heavy atom. The van der Waals surface area contributed by atoms with Crippen LogP contribution in [0.1, 0.15) is 18.4 Å². The van der Waals surface area contributed by atoms with Crippen molar-refractivity contribution in [3.05, 3.63) is 23.8 Å². The molecule has 116 valence electrons. The molecule has 0 radical (unpaired) electrons. The van der Waals surface area contributed by atoms with Gasteiger partial charge in [-0.2, -0.15) is 0 Å². The van der Waals surface area contributed by atoms with Crippen molar-refractivity contribution in [2.24, 2.45) is 5.92 Å². The highest BCUT2D eigenvalue weighted by Crippen LogP contribution is 2.27. The van der Waals surface area contributed by atoms with Gasteiger partial charge in [0.1, 0.15) is 12.4 Å². The average molecular weight is 303 g/mol. The Labute approximate surface area is 127 Å². The molecule has 0 bridgehead atoms. The van der Waals surface area contributed by atoms with Crippen LogP contribution in [0.15, 0.2) is 18.2 Å². The van der Waals surface area contributed by atoms with Crippen LogP contribution in [0.3, 0.4) is 0 Å². The number of hydrogen-bond donors (Lipinski definition) is 3. The fourth-order valence-corrected chi connectivity index (χ4v) is 2.34. The third kappa shape index (κ3) is 3.30. The van der Waals surface area contributed by atoms with Gasteiger partial charge >= 0.3 is 0 Å². The minimum absolute atomic E-state index is 0.0485. The number of rotatable bonds is 6. The molecular weight excluding hydrogens is 286 g/mol. The quantitative estimate of drug-likeness (QED) is 0.408. The standard InChI is InChI=1S/C15H17N3O4/c1-17-12-8-9(22-7-6-19)2-3-10(12)14(16)11-4-5-13(20)18-15(11)21/h2-3,6,8,11,16-17H,4-5,7H2,1H3,(H,18,20,21). The van der Waals surface area contributed by atoms with E-state index < -0.39 is 11.8 Å². The third-order valence-electron chi connectivity index (χ3n) is 3.46. The smallest absolute Gasteiger partial charge is 0.235 e. The molecule has 3 N–H and O–H groups in total. The van der Waals surface area contributed by atoms with Gasteiger partial charge in [0.2, 0.25) is 11.8 Å². The van der Waals surface area contributed by atoms with E-state index in [-0.39, 0.29) is 24.6 Å². The van der Waals surface area contributed by atoms with Gasteiger partial charge in [-0.1, -0.05) is 0 Å². The van der Waals surface area contributed by atoms with E-state index in [1.807, 2.05) is 0 Å². The van der Waals surface area contributed by atoms with Gasteiger partial charge in [0.15, 0.2) is 6.29 Å². The molecule has 1 aromatic carbocycles. The van der Waals surface area contributed by atoms with Crippen LogP contribution in [0.4, 0.5) is 5.69 Å². The van der Waals surface area contributed by atoms with Crippen LogP contribution in [0.2, 0.25) is 0 Å². The van der Waals surface area contributed by atoms with E-state index in [4.69, 9.17) is 10.1 Å². The topological polar surface area (TPSA) is 108 Å². The normalized spacial score (nSPS) is 17.6. The first-order valence-corrected chi connectivity index (χ1v) is 6.87. The van der Waals surface area contributed by atoms with Gasteiger partial charge in [-0.25, -0.2) is 0 Å². The Balaban J connectivity index is 2.23. The lowest BCUT2D eigenvalue weighted by atomic mass is 9.88. The summed E-state index contributed by atoms with van der Waals surface area (Å²) in [5.41, 5.74) is 1.34. The van der Waals surface area contributed by atoms with Crippen molar-refractivity contribution in [3.63, 3.8) is 0 Å². The van der Waals surface area contributed by atoms with E-state index >= 15 is 0 Å². The minimum atomic E-state index is -0.647. The van der Waals surface area contributed by atoms with E-state index in [0.717, 1.165) is 0 Å². The van der Waals surface area contributed by atoms with Crippen LogP contribution in [0.5, 0.6) is 5.75 Å². The first kappa shape index (κ1) is 15.7. The zero-order valence-electron chi connectivity index (χ0n) is 12.1.